The minimum Gasteiger partial charge on any atom is -0.406 e. The van der Waals surface area contributed by atoms with Gasteiger partial charge in [0.15, 0.2) is 5.67 Å². The van der Waals surface area contributed by atoms with Crippen molar-refractivity contribution in [2.24, 2.45) is 0 Å². The molecule has 1 aliphatic carbocycles. The van der Waals surface area contributed by atoms with Gasteiger partial charge in [0.05, 0.1) is 57.0 Å². The summed E-state index contributed by atoms with van der Waals surface area (Å²) < 4.78 is 75.0. The number of benzene rings is 1. The van der Waals surface area contributed by atoms with E-state index in [1.165, 1.54) is 23.0 Å². The van der Waals surface area contributed by atoms with E-state index < -0.39 is 17.6 Å². The Morgan fingerprint density at radius 2 is 1.88 bits per heavy atom. The molecule has 1 saturated carbocycles. The number of aromatic nitrogens is 2. The number of anilines is 2. The Morgan fingerprint density at radius 1 is 1.12 bits per heavy atom. The van der Waals surface area contributed by atoms with Crippen LogP contribution in [0.3, 0.4) is 0 Å². The van der Waals surface area contributed by atoms with Gasteiger partial charge >= 0.3 is 6.36 Å². The number of halogens is 5. The van der Waals surface area contributed by atoms with Gasteiger partial charge in [-0.25, -0.2) is 9.07 Å². The van der Waals surface area contributed by atoms with E-state index in [-0.39, 0.29) is 47.8 Å². The fourth-order valence-electron chi connectivity index (χ4n) is 5.82. The summed E-state index contributed by atoms with van der Waals surface area (Å²) in [5, 5.41) is 7.25. The Bertz CT molecular complexity index is 1230. The zero-order valence-corrected chi connectivity index (χ0v) is 23.8. The van der Waals surface area contributed by atoms with Crippen LogP contribution in [0.1, 0.15) is 44.6 Å². The van der Waals surface area contributed by atoms with E-state index in [1.807, 2.05) is 0 Å². The summed E-state index contributed by atoms with van der Waals surface area (Å²) in [7, 11) is 0. The maximum Gasteiger partial charge on any atom is 0.573 e. The van der Waals surface area contributed by atoms with Crippen LogP contribution in [-0.4, -0.2) is 80.1 Å². The standard InChI is InChI=1S/C28H35ClF4N4O5/c29-25-24(34-17-27(30)10-1-11-40-18-27)14-35-37(26(25)38)21-4-2-19(3-5-21)36(15-23-16-39-12-13-41-23)20-6-8-22(9-7-20)42-28(31,32)33/h6-9,14,19,21,23,34H,1-5,10-13,15-18H2/t19-,21-,23-,27-/m0/s1. The van der Waals surface area contributed by atoms with Crippen molar-refractivity contribution in [3.05, 3.63) is 45.8 Å². The topological polar surface area (TPSA) is 87.1 Å². The van der Waals surface area contributed by atoms with Gasteiger partial charge in [-0.3, -0.25) is 4.79 Å². The van der Waals surface area contributed by atoms with Crippen LogP contribution in [0.2, 0.25) is 5.02 Å². The molecule has 3 aliphatic rings. The summed E-state index contributed by atoms with van der Waals surface area (Å²) >= 11 is 6.40. The van der Waals surface area contributed by atoms with Crippen molar-refractivity contribution in [3.63, 3.8) is 0 Å². The molecule has 5 rings (SSSR count). The number of ether oxygens (including phenoxy) is 4. The minimum absolute atomic E-state index is 0.00620. The van der Waals surface area contributed by atoms with Gasteiger partial charge in [-0.15, -0.1) is 13.2 Å². The monoisotopic (exact) mass is 618 g/mol. The maximum absolute atomic E-state index is 14.9. The van der Waals surface area contributed by atoms with E-state index in [2.05, 4.69) is 20.1 Å². The Kier molecular flexibility index (Phi) is 9.81. The van der Waals surface area contributed by atoms with E-state index in [9.17, 15) is 22.4 Å². The molecule has 0 bridgehead atoms. The Labute approximate surface area is 246 Å². The first-order valence-corrected chi connectivity index (χ1v) is 14.6. The lowest BCUT2D eigenvalue weighted by Crippen LogP contribution is -2.46. The average Bonchev–Trinajstić information content (AvgIpc) is 2.98. The lowest BCUT2D eigenvalue weighted by atomic mass is 9.89. The van der Waals surface area contributed by atoms with Crippen molar-refractivity contribution in [1.29, 1.82) is 0 Å². The first-order chi connectivity index (χ1) is 20.1. The molecule has 0 radical (unpaired) electrons. The molecule has 2 saturated heterocycles. The summed E-state index contributed by atoms with van der Waals surface area (Å²) in [6, 6.07) is 5.68. The van der Waals surface area contributed by atoms with Crippen molar-refractivity contribution in [1.82, 2.24) is 9.78 Å². The molecule has 14 heteroatoms. The normalized spacial score (nSPS) is 26.9. The van der Waals surface area contributed by atoms with Crippen LogP contribution in [0.4, 0.5) is 28.9 Å². The molecule has 3 fully saturated rings. The van der Waals surface area contributed by atoms with Crippen LogP contribution in [0.5, 0.6) is 5.75 Å². The Balaban J connectivity index is 1.25. The molecule has 2 atom stereocenters. The third-order valence-corrected chi connectivity index (χ3v) is 8.32. The van der Waals surface area contributed by atoms with Gasteiger partial charge < -0.3 is 29.2 Å². The van der Waals surface area contributed by atoms with Gasteiger partial charge in [-0.05, 0) is 62.8 Å². The molecule has 3 heterocycles. The van der Waals surface area contributed by atoms with E-state index in [0.29, 0.717) is 71.5 Å². The molecule has 2 aromatic rings. The highest BCUT2D eigenvalue weighted by Gasteiger charge is 2.34. The Hall–Kier alpha value is -2.61. The molecule has 232 valence electrons. The summed E-state index contributed by atoms with van der Waals surface area (Å²) in [4.78, 5) is 15.3. The highest BCUT2D eigenvalue weighted by atomic mass is 35.5. The molecule has 0 spiro atoms. The number of hydrogen-bond acceptors (Lipinski definition) is 8. The predicted octanol–water partition coefficient (Wildman–Crippen LogP) is 5.13. The summed E-state index contributed by atoms with van der Waals surface area (Å²) in [6.07, 6.45) is 0.187. The lowest BCUT2D eigenvalue weighted by molar-refractivity contribution is -0.274. The predicted molar refractivity (Wildman–Crippen MR) is 148 cm³/mol. The quantitative estimate of drug-likeness (QED) is 0.387. The van der Waals surface area contributed by atoms with E-state index >= 15 is 0 Å². The smallest absolute Gasteiger partial charge is 0.406 e. The van der Waals surface area contributed by atoms with Gasteiger partial charge in [0.25, 0.3) is 5.56 Å². The second-order valence-corrected chi connectivity index (χ2v) is 11.4. The minimum atomic E-state index is -4.77. The largest absolute Gasteiger partial charge is 0.573 e. The molecular formula is C28H35ClF4N4O5. The zero-order chi connectivity index (χ0) is 29.7. The van der Waals surface area contributed by atoms with Crippen LogP contribution >= 0.6 is 11.6 Å². The van der Waals surface area contributed by atoms with Crippen LogP contribution in [0, 0.1) is 0 Å². The molecule has 42 heavy (non-hydrogen) atoms. The molecule has 0 amide bonds. The average molecular weight is 619 g/mol. The summed E-state index contributed by atoms with van der Waals surface area (Å²) in [6.45, 7) is 2.43. The lowest BCUT2D eigenvalue weighted by Gasteiger charge is -2.40. The SMILES string of the molecule is O=c1c(Cl)c(NC[C@@]2(F)CCCOC2)cnn1[C@H]1CC[C@H](N(C[C@H]2COCCO2)c2ccc(OC(F)(F)F)cc2)CC1. The Morgan fingerprint density at radius 3 is 2.52 bits per heavy atom. The fourth-order valence-corrected chi connectivity index (χ4v) is 6.02. The molecule has 0 unspecified atom stereocenters. The molecular weight excluding hydrogens is 584 g/mol. The first-order valence-electron chi connectivity index (χ1n) is 14.2. The zero-order valence-electron chi connectivity index (χ0n) is 23.1. The second kappa shape index (κ2) is 13.4. The molecule has 1 aromatic carbocycles. The summed E-state index contributed by atoms with van der Waals surface area (Å²) in [5.41, 5.74) is -0.943. The van der Waals surface area contributed by atoms with Crippen molar-refractivity contribution >= 4 is 23.0 Å². The highest BCUT2D eigenvalue weighted by Crippen LogP contribution is 2.35. The fraction of sp³-hybridized carbons (Fsp3) is 0.643. The second-order valence-electron chi connectivity index (χ2n) is 11.0. The molecule has 1 N–H and O–H groups in total. The number of rotatable bonds is 9. The molecule has 9 nitrogen and oxygen atoms in total. The van der Waals surface area contributed by atoms with Gasteiger partial charge in [-0.1, -0.05) is 11.6 Å². The third-order valence-electron chi connectivity index (χ3n) is 7.95. The van der Waals surface area contributed by atoms with E-state index in [1.54, 1.807) is 12.1 Å². The van der Waals surface area contributed by atoms with Crippen molar-refractivity contribution in [2.45, 2.75) is 68.7 Å². The number of hydrogen-bond donors (Lipinski definition) is 1. The summed E-state index contributed by atoms with van der Waals surface area (Å²) in [5.74, 6) is -0.291. The van der Waals surface area contributed by atoms with Crippen LogP contribution in [0.15, 0.2) is 35.3 Å². The number of alkyl halides is 4. The van der Waals surface area contributed by atoms with Gasteiger partial charge in [-0.2, -0.15) is 5.10 Å². The van der Waals surface area contributed by atoms with Crippen LogP contribution in [-0.2, 0) is 14.2 Å². The molecule has 2 aliphatic heterocycles. The highest BCUT2D eigenvalue weighted by molar-refractivity contribution is 6.32. The van der Waals surface area contributed by atoms with E-state index in [0.717, 1.165) is 5.69 Å². The van der Waals surface area contributed by atoms with Crippen molar-refractivity contribution in [2.75, 3.05) is 56.3 Å². The van der Waals surface area contributed by atoms with Gasteiger partial charge in [0.2, 0.25) is 0 Å². The first kappa shape index (κ1) is 30.8. The number of nitrogens with zero attached hydrogens (tertiary/aromatic N) is 3. The number of nitrogens with one attached hydrogen (secondary N) is 1. The molecule has 1 aromatic heterocycles. The van der Waals surface area contributed by atoms with Crippen molar-refractivity contribution < 1.29 is 36.5 Å². The van der Waals surface area contributed by atoms with Gasteiger partial charge in [0, 0.05) is 24.9 Å². The van der Waals surface area contributed by atoms with Crippen LogP contribution in [0.25, 0.3) is 0 Å². The van der Waals surface area contributed by atoms with Crippen LogP contribution < -0.4 is 20.5 Å². The van der Waals surface area contributed by atoms with Crippen molar-refractivity contribution in [3.8, 4) is 5.75 Å². The van der Waals surface area contributed by atoms with E-state index in [4.69, 9.17) is 25.8 Å². The van der Waals surface area contributed by atoms with Gasteiger partial charge in [0.1, 0.15) is 10.8 Å². The third kappa shape index (κ3) is 7.86. The maximum atomic E-state index is 14.9.